The zero-order valence-electron chi connectivity index (χ0n) is 19.3. The topological polar surface area (TPSA) is 76.7 Å². The van der Waals surface area contributed by atoms with Gasteiger partial charge in [0.25, 0.3) is 5.91 Å². The summed E-state index contributed by atoms with van der Waals surface area (Å²) in [6.45, 7) is 4.71. The van der Waals surface area contributed by atoms with Crippen LogP contribution in [0.5, 0.6) is 5.75 Å². The highest BCUT2D eigenvalue weighted by Crippen LogP contribution is 2.37. The molecule has 0 bridgehead atoms. The molecule has 2 amide bonds. The van der Waals surface area contributed by atoms with E-state index in [0.717, 1.165) is 36.9 Å². The summed E-state index contributed by atoms with van der Waals surface area (Å²) in [5.74, 6) is 0.402. The molecule has 0 radical (unpaired) electrons. The summed E-state index contributed by atoms with van der Waals surface area (Å²) < 4.78 is 13.0. The summed E-state index contributed by atoms with van der Waals surface area (Å²) in [5.41, 5.74) is 1.59. The third kappa shape index (κ3) is 3.79. The fourth-order valence-corrected chi connectivity index (χ4v) is 5.24. The smallest absolute Gasteiger partial charge is 0.276 e. The van der Waals surface area contributed by atoms with Crippen LogP contribution < -0.4 is 15.0 Å². The highest BCUT2D eigenvalue weighted by atomic mass is 16.5. The molecule has 174 valence electrons. The molecule has 0 unspecified atom stereocenters. The van der Waals surface area contributed by atoms with Gasteiger partial charge in [-0.25, -0.2) is 0 Å². The molecule has 0 spiro atoms. The molecular weight excluding hydrogens is 418 g/mol. The van der Waals surface area contributed by atoms with Crippen LogP contribution >= 0.6 is 0 Å². The normalized spacial score (nSPS) is 21.6. The number of nitrogens with one attached hydrogen (secondary N) is 1. The number of furan rings is 1. The van der Waals surface area contributed by atoms with Crippen molar-refractivity contribution >= 4 is 28.6 Å². The summed E-state index contributed by atoms with van der Waals surface area (Å²) in [5, 5.41) is 3.29. The number of hydrogen-bond acceptors (Lipinski definition) is 4. The van der Waals surface area contributed by atoms with Crippen LogP contribution in [0.2, 0.25) is 0 Å². The summed E-state index contributed by atoms with van der Waals surface area (Å²) in [4.78, 5) is 29.3. The standard InChI is InChI=1S/C26H31N3O4/c1-3-32-20-12-10-19(11-13-20)29-24(30)22-16-23-21(14-15-33-23)28(22)17-26(29,2)25(31)27-18-8-6-4-5-7-9-18/h10-16,18H,3-9,17H2,1-2H3,(H,27,31)/t26-/m1/s1. The van der Waals surface area contributed by atoms with Gasteiger partial charge in [-0.3, -0.25) is 14.5 Å². The van der Waals surface area contributed by atoms with Gasteiger partial charge in [0.05, 0.1) is 24.9 Å². The van der Waals surface area contributed by atoms with Gasteiger partial charge in [0, 0.05) is 23.9 Å². The Balaban J connectivity index is 1.54. The van der Waals surface area contributed by atoms with Crippen molar-refractivity contribution in [1.82, 2.24) is 9.88 Å². The van der Waals surface area contributed by atoms with Crippen molar-refractivity contribution < 1.29 is 18.7 Å². The number of fused-ring (bicyclic) bond motifs is 3. The fraction of sp³-hybridized carbons (Fsp3) is 0.462. The van der Waals surface area contributed by atoms with E-state index in [4.69, 9.17) is 9.15 Å². The molecule has 3 heterocycles. The van der Waals surface area contributed by atoms with E-state index in [1.165, 1.54) is 12.8 Å². The molecular formula is C26H31N3O4. The van der Waals surface area contributed by atoms with E-state index in [0.29, 0.717) is 30.1 Å². The van der Waals surface area contributed by atoms with Crippen LogP contribution in [0.1, 0.15) is 62.9 Å². The predicted molar refractivity (Wildman–Crippen MR) is 127 cm³/mol. The molecule has 2 aliphatic rings. The molecule has 3 aromatic rings. The first kappa shape index (κ1) is 21.6. The molecule has 1 aliphatic carbocycles. The zero-order valence-corrected chi connectivity index (χ0v) is 19.3. The molecule has 1 saturated carbocycles. The summed E-state index contributed by atoms with van der Waals surface area (Å²) >= 11 is 0. The van der Waals surface area contributed by atoms with Crippen molar-refractivity contribution in [3.8, 4) is 5.75 Å². The third-order valence-electron chi connectivity index (χ3n) is 6.99. The average Bonchev–Trinajstić information content (AvgIpc) is 3.30. The maximum atomic E-state index is 13.8. The van der Waals surface area contributed by atoms with Crippen molar-refractivity contribution in [2.75, 3.05) is 11.5 Å². The summed E-state index contributed by atoms with van der Waals surface area (Å²) in [6.07, 6.45) is 8.27. The second-order valence-corrected chi connectivity index (χ2v) is 9.29. The van der Waals surface area contributed by atoms with E-state index < -0.39 is 5.54 Å². The van der Waals surface area contributed by atoms with E-state index in [-0.39, 0.29) is 17.9 Å². The summed E-state index contributed by atoms with van der Waals surface area (Å²) in [6, 6.07) is 11.1. The number of hydrogen-bond donors (Lipinski definition) is 1. The molecule has 1 aromatic carbocycles. The van der Waals surface area contributed by atoms with Crippen molar-refractivity contribution in [2.45, 2.75) is 70.5 Å². The molecule has 5 rings (SSSR count). The van der Waals surface area contributed by atoms with Crippen LogP contribution in [0.15, 0.2) is 47.1 Å². The van der Waals surface area contributed by atoms with Crippen LogP contribution in [0.3, 0.4) is 0 Å². The van der Waals surface area contributed by atoms with Gasteiger partial charge in [0.2, 0.25) is 5.91 Å². The minimum atomic E-state index is -1.09. The number of carbonyl (C=O) groups excluding carboxylic acids is 2. The first-order valence-electron chi connectivity index (χ1n) is 12.0. The van der Waals surface area contributed by atoms with Gasteiger partial charge in [-0.2, -0.15) is 0 Å². The Morgan fingerprint density at radius 3 is 2.58 bits per heavy atom. The Morgan fingerprint density at radius 2 is 1.88 bits per heavy atom. The number of rotatable bonds is 5. The zero-order chi connectivity index (χ0) is 23.0. The molecule has 2 aromatic heterocycles. The van der Waals surface area contributed by atoms with Crippen LogP contribution in [-0.2, 0) is 11.3 Å². The van der Waals surface area contributed by atoms with Gasteiger partial charge in [0.15, 0.2) is 5.58 Å². The number of aromatic nitrogens is 1. The Hall–Kier alpha value is -3.22. The second-order valence-electron chi connectivity index (χ2n) is 9.29. The van der Waals surface area contributed by atoms with E-state index in [9.17, 15) is 9.59 Å². The number of ether oxygens (including phenoxy) is 1. The molecule has 33 heavy (non-hydrogen) atoms. The Bertz CT molecular complexity index is 1150. The molecule has 7 nitrogen and oxygen atoms in total. The molecule has 1 atom stereocenters. The van der Waals surface area contributed by atoms with Gasteiger partial charge < -0.3 is 19.0 Å². The van der Waals surface area contributed by atoms with Gasteiger partial charge in [-0.1, -0.05) is 25.7 Å². The van der Waals surface area contributed by atoms with Crippen molar-refractivity contribution in [3.05, 3.63) is 48.4 Å². The van der Waals surface area contributed by atoms with Crippen LogP contribution in [0.25, 0.3) is 11.1 Å². The van der Waals surface area contributed by atoms with Crippen molar-refractivity contribution in [2.24, 2.45) is 0 Å². The highest BCUT2D eigenvalue weighted by Gasteiger charge is 2.49. The van der Waals surface area contributed by atoms with E-state index in [2.05, 4.69) is 5.32 Å². The van der Waals surface area contributed by atoms with E-state index in [1.54, 1.807) is 17.2 Å². The van der Waals surface area contributed by atoms with Gasteiger partial charge >= 0.3 is 0 Å². The van der Waals surface area contributed by atoms with Gasteiger partial charge in [-0.15, -0.1) is 0 Å². The highest BCUT2D eigenvalue weighted by molar-refractivity contribution is 6.13. The van der Waals surface area contributed by atoms with E-state index in [1.807, 2.05) is 48.7 Å². The molecule has 1 aliphatic heterocycles. The van der Waals surface area contributed by atoms with Crippen LogP contribution in [0, 0.1) is 0 Å². The maximum absolute atomic E-state index is 13.8. The minimum Gasteiger partial charge on any atom is -0.494 e. The quantitative estimate of drug-likeness (QED) is 0.563. The molecule has 0 saturated heterocycles. The minimum absolute atomic E-state index is 0.118. The molecule has 1 fully saturated rings. The number of amides is 2. The van der Waals surface area contributed by atoms with Crippen molar-refractivity contribution in [3.63, 3.8) is 0 Å². The first-order chi connectivity index (χ1) is 16.0. The Labute approximate surface area is 193 Å². The Kier molecular flexibility index (Phi) is 5.64. The lowest BCUT2D eigenvalue weighted by Crippen LogP contribution is -2.65. The SMILES string of the molecule is CCOc1ccc(N2C(=O)c3cc4occc4n3C[C@]2(C)C(=O)NC2CCCCCC2)cc1. The maximum Gasteiger partial charge on any atom is 0.276 e. The van der Waals surface area contributed by atoms with Gasteiger partial charge in [-0.05, 0) is 51.0 Å². The lowest BCUT2D eigenvalue weighted by Gasteiger charge is -2.44. The second kappa shape index (κ2) is 8.61. The number of benzene rings is 1. The monoisotopic (exact) mass is 449 g/mol. The number of anilines is 1. The third-order valence-corrected chi connectivity index (χ3v) is 6.99. The average molecular weight is 450 g/mol. The van der Waals surface area contributed by atoms with E-state index >= 15 is 0 Å². The summed E-state index contributed by atoms with van der Waals surface area (Å²) in [7, 11) is 0. The number of nitrogens with zero attached hydrogens (tertiary/aromatic N) is 2. The van der Waals surface area contributed by atoms with Gasteiger partial charge in [0.1, 0.15) is 17.0 Å². The molecule has 7 heteroatoms. The number of carbonyl (C=O) groups is 2. The fourth-order valence-electron chi connectivity index (χ4n) is 5.24. The lowest BCUT2D eigenvalue weighted by molar-refractivity contribution is -0.127. The Morgan fingerprint density at radius 1 is 1.15 bits per heavy atom. The first-order valence-corrected chi connectivity index (χ1v) is 12.0. The lowest BCUT2D eigenvalue weighted by atomic mass is 9.92. The predicted octanol–water partition coefficient (Wildman–Crippen LogP) is 4.89. The van der Waals surface area contributed by atoms with Crippen molar-refractivity contribution in [1.29, 1.82) is 0 Å². The largest absolute Gasteiger partial charge is 0.494 e. The van der Waals surface area contributed by atoms with Crippen LogP contribution in [0.4, 0.5) is 5.69 Å². The van der Waals surface area contributed by atoms with Crippen LogP contribution in [-0.4, -0.2) is 34.6 Å². The molecule has 1 N–H and O–H groups in total.